The molecule has 28 heavy (non-hydrogen) atoms. The van der Waals surface area contributed by atoms with E-state index in [-0.39, 0.29) is 11.7 Å². The molecule has 0 aliphatic heterocycles. The van der Waals surface area contributed by atoms with Crippen molar-refractivity contribution in [3.8, 4) is 5.69 Å². The molecule has 4 nitrogen and oxygen atoms in total. The lowest BCUT2D eigenvalue weighted by Crippen LogP contribution is -2.30. The normalized spacial score (nSPS) is 11.0. The zero-order valence-corrected chi connectivity index (χ0v) is 15.8. The van der Waals surface area contributed by atoms with Gasteiger partial charge in [-0.1, -0.05) is 18.2 Å². The van der Waals surface area contributed by atoms with Crippen LogP contribution in [-0.4, -0.2) is 22.0 Å². The van der Waals surface area contributed by atoms with E-state index >= 15 is 0 Å². The van der Waals surface area contributed by atoms with Crippen LogP contribution >= 0.6 is 0 Å². The Morgan fingerprint density at radius 3 is 2.43 bits per heavy atom. The van der Waals surface area contributed by atoms with Crippen LogP contribution in [0.5, 0.6) is 0 Å². The molecule has 1 heterocycles. The second-order valence-corrected chi connectivity index (χ2v) is 6.56. The number of anilines is 1. The van der Waals surface area contributed by atoms with Gasteiger partial charge in [-0.3, -0.25) is 9.36 Å². The average Bonchev–Trinajstić information content (AvgIpc) is 3.05. The fourth-order valence-corrected chi connectivity index (χ4v) is 3.46. The van der Waals surface area contributed by atoms with E-state index in [9.17, 15) is 9.18 Å². The quantitative estimate of drug-likeness (QED) is 0.497. The number of rotatable bonds is 4. The van der Waals surface area contributed by atoms with Crippen molar-refractivity contribution in [2.75, 3.05) is 11.4 Å². The Labute approximate surface area is 162 Å². The van der Waals surface area contributed by atoms with Crippen LogP contribution in [0, 0.1) is 12.7 Å². The molecule has 0 atom stereocenters. The Morgan fingerprint density at radius 1 is 1.04 bits per heavy atom. The summed E-state index contributed by atoms with van der Waals surface area (Å²) in [5.74, 6) is 0.398. The highest BCUT2D eigenvalue weighted by molar-refractivity contribution is 6.07. The maximum Gasteiger partial charge on any atom is 0.258 e. The number of aryl methyl sites for hydroxylation is 1. The lowest BCUT2D eigenvalue weighted by molar-refractivity contribution is 0.0988. The summed E-state index contributed by atoms with van der Waals surface area (Å²) < 4.78 is 15.3. The predicted molar refractivity (Wildman–Crippen MR) is 110 cm³/mol. The van der Waals surface area contributed by atoms with Gasteiger partial charge in [0.15, 0.2) is 0 Å². The molecule has 140 valence electrons. The Balaban J connectivity index is 1.73. The molecule has 1 aromatic heterocycles. The minimum atomic E-state index is -0.324. The van der Waals surface area contributed by atoms with Gasteiger partial charge in [-0.25, -0.2) is 9.37 Å². The van der Waals surface area contributed by atoms with Crippen molar-refractivity contribution >= 4 is 22.6 Å². The van der Waals surface area contributed by atoms with E-state index in [1.54, 1.807) is 17.0 Å². The number of amides is 1. The SMILES string of the molecule is CCN(C(=O)c1ccc2c(c1)nc(C)n2-c1ccccc1)c1ccc(F)cc1. The summed E-state index contributed by atoms with van der Waals surface area (Å²) in [4.78, 5) is 19.3. The van der Waals surface area contributed by atoms with Crippen LogP contribution in [0.15, 0.2) is 72.8 Å². The van der Waals surface area contributed by atoms with Gasteiger partial charge in [0.25, 0.3) is 5.91 Å². The lowest BCUT2D eigenvalue weighted by Gasteiger charge is -2.21. The van der Waals surface area contributed by atoms with Gasteiger partial charge in [0, 0.05) is 23.5 Å². The van der Waals surface area contributed by atoms with Crippen molar-refractivity contribution < 1.29 is 9.18 Å². The molecule has 0 radical (unpaired) electrons. The summed E-state index contributed by atoms with van der Waals surface area (Å²) in [6.45, 7) is 4.33. The largest absolute Gasteiger partial charge is 0.309 e. The molecule has 4 aromatic rings. The van der Waals surface area contributed by atoms with E-state index in [1.165, 1.54) is 12.1 Å². The van der Waals surface area contributed by atoms with Crippen LogP contribution in [-0.2, 0) is 0 Å². The van der Waals surface area contributed by atoms with Gasteiger partial charge in [-0.15, -0.1) is 0 Å². The number of benzene rings is 3. The molecule has 5 heteroatoms. The van der Waals surface area contributed by atoms with E-state index < -0.39 is 0 Å². The van der Waals surface area contributed by atoms with Gasteiger partial charge < -0.3 is 4.90 Å². The van der Waals surface area contributed by atoms with E-state index in [0.717, 1.165) is 22.5 Å². The highest BCUT2D eigenvalue weighted by Gasteiger charge is 2.18. The summed E-state index contributed by atoms with van der Waals surface area (Å²) in [6.07, 6.45) is 0. The second kappa shape index (κ2) is 7.27. The Bertz CT molecular complexity index is 1130. The number of imidazole rings is 1. The second-order valence-electron chi connectivity index (χ2n) is 6.56. The third-order valence-corrected chi connectivity index (χ3v) is 4.78. The Hall–Kier alpha value is -3.47. The maximum absolute atomic E-state index is 13.2. The third-order valence-electron chi connectivity index (χ3n) is 4.78. The number of nitrogens with zero attached hydrogens (tertiary/aromatic N) is 3. The lowest BCUT2D eigenvalue weighted by atomic mass is 10.1. The minimum absolute atomic E-state index is 0.136. The number of para-hydroxylation sites is 1. The zero-order chi connectivity index (χ0) is 19.7. The smallest absolute Gasteiger partial charge is 0.258 e. The fourth-order valence-electron chi connectivity index (χ4n) is 3.46. The highest BCUT2D eigenvalue weighted by Crippen LogP contribution is 2.24. The predicted octanol–water partition coefficient (Wildman–Crippen LogP) is 5.14. The molecule has 0 saturated carbocycles. The molecule has 0 saturated heterocycles. The van der Waals surface area contributed by atoms with Crippen molar-refractivity contribution in [1.29, 1.82) is 0 Å². The fraction of sp³-hybridized carbons (Fsp3) is 0.130. The molecule has 0 aliphatic rings. The summed E-state index contributed by atoms with van der Waals surface area (Å²) >= 11 is 0. The first-order valence-electron chi connectivity index (χ1n) is 9.20. The molecule has 0 aliphatic carbocycles. The first-order valence-corrected chi connectivity index (χ1v) is 9.20. The van der Waals surface area contributed by atoms with Gasteiger partial charge >= 0.3 is 0 Å². The molecule has 1 amide bonds. The highest BCUT2D eigenvalue weighted by atomic mass is 19.1. The third kappa shape index (κ3) is 3.16. The minimum Gasteiger partial charge on any atom is -0.309 e. The molecule has 0 bridgehead atoms. The molecule has 0 fully saturated rings. The van der Waals surface area contributed by atoms with Crippen LogP contribution in [0.1, 0.15) is 23.1 Å². The molecule has 0 N–H and O–H groups in total. The number of fused-ring (bicyclic) bond motifs is 1. The number of halogens is 1. The van der Waals surface area contributed by atoms with E-state index in [1.807, 2.05) is 62.4 Å². The van der Waals surface area contributed by atoms with Crippen LogP contribution in [0.3, 0.4) is 0 Å². The van der Waals surface area contributed by atoms with Crippen LogP contribution < -0.4 is 4.90 Å². The van der Waals surface area contributed by atoms with E-state index in [0.29, 0.717) is 17.8 Å². The Kier molecular flexibility index (Phi) is 4.65. The van der Waals surface area contributed by atoms with Gasteiger partial charge in [0.2, 0.25) is 0 Å². The van der Waals surface area contributed by atoms with Gasteiger partial charge in [0.05, 0.1) is 11.0 Å². The number of carbonyl (C=O) groups excluding carboxylic acids is 1. The number of aromatic nitrogens is 2. The van der Waals surface area contributed by atoms with Crippen molar-refractivity contribution in [3.05, 3.63) is 90.0 Å². The molecular weight excluding hydrogens is 353 g/mol. The summed E-state index contributed by atoms with van der Waals surface area (Å²) in [7, 11) is 0. The molecule has 0 spiro atoms. The summed E-state index contributed by atoms with van der Waals surface area (Å²) in [5, 5.41) is 0. The van der Waals surface area contributed by atoms with Crippen LogP contribution in [0.4, 0.5) is 10.1 Å². The molecule has 3 aromatic carbocycles. The van der Waals surface area contributed by atoms with Gasteiger partial charge in [-0.2, -0.15) is 0 Å². The number of hydrogen-bond acceptors (Lipinski definition) is 2. The van der Waals surface area contributed by atoms with Crippen molar-refractivity contribution in [3.63, 3.8) is 0 Å². The van der Waals surface area contributed by atoms with Crippen molar-refractivity contribution in [2.45, 2.75) is 13.8 Å². The van der Waals surface area contributed by atoms with Crippen LogP contribution in [0.2, 0.25) is 0 Å². The standard InChI is InChI=1S/C23H20FN3O/c1-3-26(19-12-10-18(24)11-13-19)23(28)17-9-14-22-21(15-17)25-16(2)27(22)20-7-5-4-6-8-20/h4-15H,3H2,1-2H3. The zero-order valence-electron chi connectivity index (χ0n) is 15.8. The monoisotopic (exact) mass is 373 g/mol. The topological polar surface area (TPSA) is 38.1 Å². The van der Waals surface area contributed by atoms with Gasteiger partial charge in [-0.05, 0) is 68.4 Å². The average molecular weight is 373 g/mol. The Morgan fingerprint density at radius 2 is 1.75 bits per heavy atom. The van der Waals surface area contributed by atoms with E-state index in [4.69, 9.17) is 0 Å². The molecular formula is C23H20FN3O. The number of hydrogen-bond donors (Lipinski definition) is 0. The maximum atomic E-state index is 13.2. The number of carbonyl (C=O) groups is 1. The van der Waals surface area contributed by atoms with E-state index in [2.05, 4.69) is 9.55 Å². The van der Waals surface area contributed by atoms with Gasteiger partial charge in [0.1, 0.15) is 11.6 Å². The van der Waals surface area contributed by atoms with Crippen molar-refractivity contribution in [2.24, 2.45) is 0 Å². The first kappa shape index (κ1) is 17.9. The summed E-state index contributed by atoms with van der Waals surface area (Å²) in [6, 6.07) is 21.5. The van der Waals surface area contributed by atoms with Crippen LogP contribution in [0.25, 0.3) is 16.7 Å². The van der Waals surface area contributed by atoms with Crippen molar-refractivity contribution in [1.82, 2.24) is 9.55 Å². The summed E-state index contributed by atoms with van der Waals surface area (Å²) in [5.41, 5.74) is 3.96. The first-order chi connectivity index (χ1) is 13.6. The molecule has 0 unspecified atom stereocenters. The molecule has 4 rings (SSSR count).